The summed E-state index contributed by atoms with van der Waals surface area (Å²) in [7, 11) is 0. The molecule has 4 rings (SSSR count). The van der Waals surface area contributed by atoms with Crippen molar-refractivity contribution in [1.29, 1.82) is 0 Å². The number of aryl methyl sites for hydroxylation is 1. The molecular weight excluding hydrogens is 344 g/mol. The lowest BCUT2D eigenvalue weighted by molar-refractivity contribution is 0.0696. The van der Waals surface area contributed by atoms with Gasteiger partial charge in [0.25, 0.3) is 5.91 Å². The van der Waals surface area contributed by atoms with Crippen LogP contribution in [0.5, 0.6) is 0 Å². The van der Waals surface area contributed by atoms with E-state index in [0.717, 1.165) is 29.7 Å². The summed E-state index contributed by atoms with van der Waals surface area (Å²) < 4.78 is 0. The van der Waals surface area contributed by atoms with Gasteiger partial charge in [0.2, 0.25) is 0 Å². The third-order valence-electron chi connectivity index (χ3n) is 4.57. The topological polar surface area (TPSA) is 107 Å². The van der Waals surface area contributed by atoms with Crippen molar-refractivity contribution in [2.75, 3.05) is 0 Å². The molecule has 0 fully saturated rings. The van der Waals surface area contributed by atoms with Crippen LogP contribution in [0.4, 0.5) is 0 Å². The summed E-state index contributed by atoms with van der Waals surface area (Å²) in [6.45, 7) is 0. The number of aromatic carboxylic acids is 1. The van der Waals surface area contributed by atoms with Gasteiger partial charge in [0.05, 0.1) is 17.5 Å². The minimum atomic E-state index is -1.05. The number of aromatic nitrogens is 2. The average molecular weight is 360 g/mol. The van der Waals surface area contributed by atoms with Crippen LogP contribution in [-0.2, 0) is 12.8 Å². The maximum absolute atomic E-state index is 12.5. The second-order valence-electron chi connectivity index (χ2n) is 6.17. The number of hydrogen-bond acceptors (Lipinski definition) is 4. The van der Waals surface area contributed by atoms with Crippen molar-refractivity contribution < 1.29 is 14.7 Å². The Balaban J connectivity index is 1.55. The zero-order valence-electron chi connectivity index (χ0n) is 14.3. The number of rotatable bonds is 4. The van der Waals surface area contributed by atoms with E-state index in [1.807, 2.05) is 18.2 Å². The van der Waals surface area contributed by atoms with Gasteiger partial charge in [0, 0.05) is 16.7 Å². The first-order chi connectivity index (χ1) is 13.1. The van der Waals surface area contributed by atoms with Crippen molar-refractivity contribution in [2.24, 2.45) is 5.10 Å². The van der Waals surface area contributed by atoms with Gasteiger partial charge in [-0.25, -0.2) is 10.2 Å². The minimum Gasteiger partial charge on any atom is -0.478 e. The van der Waals surface area contributed by atoms with E-state index in [1.54, 1.807) is 18.2 Å². The molecule has 1 amide bonds. The first kappa shape index (κ1) is 16.7. The Labute approximate surface area is 154 Å². The van der Waals surface area contributed by atoms with E-state index >= 15 is 0 Å². The van der Waals surface area contributed by atoms with Gasteiger partial charge in [-0.2, -0.15) is 10.2 Å². The molecule has 3 N–H and O–H groups in total. The van der Waals surface area contributed by atoms with Crippen LogP contribution in [0.3, 0.4) is 0 Å². The Hall–Kier alpha value is -3.74. The SMILES string of the molecule is O=C(O)c1ccccc1/C=N\NC(=O)c1[nH]nc2c1CCc1ccccc1-2. The number of carboxylic acid groups (broad SMARTS) is 1. The Kier molecular flexibility index (Phi) is 4.25. The predicted molar refractivity (Wildman–Crippen MR) is 99.9 cm³/mol. The highest BCUT2D eigenvalue weighted by Crippen LogP contribution is 2.33. The van der Waals surface area contributed by atoms with Gasteiger partial charge in [-0.15, -0.1) is 0 Å². The van der Waals surface area contributed by atoms with Gasteiger partial charge in [-0.3, -0.25) is 9.89 Å². The normalized spacial score (nSPS) is 12.4. The molecule has 0 saturated carbocycles. The first-order valence-corrected chi connectivity index (χ1v) is 8.46. The van der Waals surface area contributed by atoms with E-state index in [-0.39, 0.29) is 5.56 Å². The number of carbonyl (C=O) groups is 2. The zero-order valence-corrected chi connectivity index (χ0v) is 14.3. The van der Waals surface area contributed by atoms with Gasteiger partial charge in [0.15, 0.2) is 0 Å². The maximum Gasteiger partial charge on any atom is 0.336 e. The number of carboxylic acids is 1. The largest absolute Gasteiger partial charge is 0.478 e. The van der Waals surface area contributed by atoms with Gasteiger partial charge >= 0.3 is 5.97 Å². The highest BCUT2D eigenvalue weighted by molar-refractivity contribution is 5.99. The number of aromatic amines is 1. The summed E-state index contributed by atoms with van der Waals surface area (Å²) in [6, 6.07) is 14.4. The summed E-state index contributed by atoms with van der Waals surface area (Å²) in [5, 5.41) is 20.2. The van der Waals surface area contributed by atoms with Gasteiger partial charge in [-0.1, -0.05) is 42.5 Å². The molecule has 3 aromatic rings. The number of hydrazone groups is 1. The van der Waals surface area contributed by atoms with Crippen molar-refractivity contribution in [1.82, 2.24) is 15.6 Å². The molecule has 134 valence electrons. The van der Waals surface area contributed by atoms with Crippen molar-refractivity contribution in [2.45, 2.75) is 12.8 Å². The van der Waals surface area contributed by atoms with Crippen LogP contribution in [0, 0.1) is 0 Å². The summed E-state index contributed by atoms with van der Waals surface area (Å²) in [4.78, 5) is 23.7. The van der Waals surface area contributed by atoms with E-state index in [2.05, 4.69) is 26.8 Å². The Morgan fingerprint density at radius 2 is 1.89 bits per heavy atom. The molecule has 1 aliphatic carbocycles. The fourth-order valence-electron chi connectivity index (χ4n) is 3.27. The highest BCUT2D eigenvalue weighted by atomic mass is 16.4. The average Bonchev–Trinajstić information content (AvgIpc) is 3.13. The van der Waals surface area contributed by atoms with Crippen LogP contribution in [0.1, 0.15) is 37.5 Å². The van der Waals surface area contributed by atoms with Crippen molar-refractivity contribution in [3.05, 3.63) is 76.5 Å². The molecule has 0 radical (unpaired) electrons. The fourth-order valence-corrected chi connectivity index (χ4v) is 3.27. The lowest BCUT2D eigenvalue weighted by Gasteiger charge is -2.15. The van der Waals surface area contributed by atoms with Gasteiger partial charge in [0.1, 0.15) is 5.69 Å². The molecule has 1 aromatic heterocycles. The molecule has 0 aliphatic heterocycles. The predicted octanol–water partition coefficient (Wildman–Crippen LogP) is 2.64. The van der Waals surface area contributed by atoms with Crippen LogP contribution in [0.2, 0.25) is 0 Å². The monoisotopic (exact) mass is 360 g/mol. The van der Waals surface area contributed by atoms with Crippen LogP contribution in [0.25, 0.3) is 11.3 Å². The van der Waals surface area contributed by atoms with E-state index in [4.69, 9.17) is 0 Å². The molecule has 0 bridgehead atoms. The Morgan fingerprint density at radius 1 is 1.11 bits per heavy atom. The minimum absolute atomic E-state index is 0.117. The third-order valence-corrected chi connectivity index (χ3v) is 4.57. The molecule has 27 heavy (non-hydrogen) atoms. The number of H-pyrrole nitrogens is 1. The number of carbonyl (C=O) groups excluding carboxylic acids is 1. The molecular formula is C20H16N4O3. The maximum atomic E-state index is 12.5. The second kappa shape index (κ2) is 6.87. The summed E-state index contributed by atoms with van der Waals surface area (Å²) in [5.41, 5.74) is 7.25. The number of nitrogens with zero attached hydrogens (tertiary/aromatic N) is 2. The van der Waals surface area contributed by atoms with Crippen LogP contribution in [-0.4, -0.2) is 33.4 Å². The number of amides is 1. The molecule has 0 spiro atoms. The molecule has 2 aromatic carbocycles. The summed E-state index contributed by atoms with van der Waals surface area (Å²) in [6.07, 6.45) is 2.88. The molecule has 0 atom stereocenters. The lowest BCUT2D eigenvalue weighted by atomic mass is 9.89. The summed E-state index contributed by atoms with van der Waals surface area (Å²) >= 11 is 0. The molecule has 1 heterocycles. The van der Waals surface area contributed by atoms with Crippen molar-refractivity contribution in [3.8, 4) is 11.3 Å². The van der Waals surface area contributed by atoms with Crippen LogP contribution in [0.15, 0.2) is 53.6 Å². The zero-order chi connectivity index (χ0) is 18.8. The van der Waals surface area contributed by atoms with Crippen LogP contribution < -0.4 is 5.43 Å². The number of nitrogens with one attached hydrogen (secondary N) is 2. The lowest BCUT2D eigenvalue weighted by Crippen LogP contribution is -2.20. The van der Waals surface area contributed by atoms with Crippen molar-refractivity contribution >= 4 is 18.1 Å². The highest BCUT2D eigenvalue weighted by Gasteiger charge is 2.24. The van der Waals surface area contributed by atoms with Gasteiger partial charge in [-0.05, 0) is 24.5 Å². The Morgan fingerprint density at radius 3 is 2.74 bits per heavy atom. The summed E-state index contributed by atoms with van der Waals surface area (Å²) in [5.74, 6) is -1.46. The molecule has 0 unspecified atom stereocenters. The first-order valence-electron chi connectivity index (χ1n) is 8.46. The molecule has 0 saturated heterocycles. The fraction of sp³-hybridized carbons (Fsp3) is 0.100. The van der Waals surface area contributed by atoms with Crippen molar-refractivity contribution in [3.63, 3.8) is 0 Å². The molecule has 1 aliphatic rings. The third kappa shape index (κ3) is 3.10. The quantitative estimate of drug-likeness (QED) is 0.491. The smallest absolute Gasteiger partial charge is 0.336 e. The van der Waals surface area contributed by atoms with Crippen LogP contribution >= 0.6 is 0 Å². The number of benzene rings is 2. The van der Waals surface area contributed by atoms with Gasteiger partial charge < -0.3 is 5.11 Å². The van der Waals surface area contributed by atoms with E-state index in [0.29, 0.717) is 11.3 Å². The number of hydrogen-bond donors (Lipinski definition) is 3. The standard InChI is InChI=1S/C20H16N4O3/c25-19(24-21-11-13-6-2-4-8-15(13)20(26)27)18-16-10-9-12-5-1-3-7-14(12)17(16)22-23-18/h1-8,11H,9-10H2,(H,22,23)(H,24,25)(H,26,27)/b21-11-. The van der Waals surface area contributed by atoms with E-state index < -0.39 is 11.9 Å². The molecule has 7 heteroatoms. The van der Waals surface area contributed by atoms with E-state index in [1.165, 1.54) is 17.8 Å². The molecule has 7 nitrogen and oxygen atoms in total. The van der Waals surface area contributed by atoms with E-state index in [9.17, 15) is 14.7 Å². The Bertz CT molecular complexity index is 1070. The number of fused-ring (bicyclic) bond motifs is 3. The second-order valence-corrected chi connectivity index (χ2v) is 6.17.